The molecule has 1 aromatic heterocycles. The van der Waals surface area contributed by atoms with E-state index >= 15 is 0 Å². The smallest absolute Gasteiger partial charge is 0.216 e. The Labute approximate surface area is 146 Å². The molecule has 136 valence electrons. The second-order valence-electron chi connectivity index (χ2n) is 7.60. The Bertz CT molecular complexity index is 522. The molecule has 0 aromatic carbocycles. The molecular weight excluding hydrogens is 300 g/mol. The zero-order valence-corrected chi connectivity index (χ0v) is 16.0. The number of rotatable bonds is 7. The Kier molecular flexibility index (Phi) is 6.69. The molecule has 0 bridgehead atoms. The maximum Gasteiger partial charge on any atom is 0.216 e. The lowest BCUT2D eigenvalue weighted by Crippen LogP contribution is -2.43. The van der Waals surface area contributed by atoms with Crippen LogP contribution in [0.25, 0.3) is 0 Å². The molecule has 5 nitrogen and oxygen atoms in total. The van der Waals surface area contributed by atoms with Crippen molar-refractivity contribution < 1.29 is 4.42 Å². The molecule has 0 aliphatic heterocycles. The number of guanidine groups is 1. The van der Waals surface area contributed by atoms with Crippen LogP contribution in [0.2, 0.25) is 0 Å². The largest absolute Gasteiger partial charge is 0.444 e. The van der Waals surface area contributed by atoms with E-state index in [1.807, 2.05) is 13.8 Å². The number of aliphatic imine (C=N–C) groups is 1. The minimum atomic E-state index is 0.431. The lowest BCUT2D eigenvalue weighted by Gasteiger charge is -2.31. The Hall–Kier alpha value is -1.52. The summed E-state index contributed by atoms with van der Waals surface area (Å²) in [6, 6.07) is 0. The Morgan fingerprint density at radius 1 is 1.25 bits per heavy atom. The summed E-state index contributed by atoms with van der Waals surface area (Å²) in [7, 11) is 0. The molecule has 0 radical (unpaired) electrons. The van der Waals surface area contributed by atoms with Crippen LogP contribution in [0.5, 0.6) is 0 Å². The summed E-state index contributed by atoms with van der Waals surface area (Å²) < 4.78 is 5.62. The van der Waals surface area contributed by atoms with E-state index in [2.05, 4.69) is 41.4 Å². The molecule has 1 saturated carbocycles. The van der Waals surface area contributed by atoms with Gasteiger partial charge in [0.15, 0.2) is 5.96 Å². The zero-order chi connectivity index (χ0) is 17.6. The predicted molar refractivity (Wildman–Crippen MR) is 99.2 cm³/mol. The van der Waals surface area contributed by atoms with Crippen molar-refractivity contribution in [1.82, 2.24) is 15.6 Å². The Morgan fingerprint density at radius 2 is 1.96 bits per heavy atom. The fourth-order valence-corrected chi connectivity index (χ4v) is 3.81. The summed E-state index contributed by atoms with van der Waals surface area (Å²) in [4.78, 5) is 9.05. The SMILES string of the molecule is CCNC(=NCc1nc(C)c(C)o1)NCC1(CC(C)C)CCCC1. The third-order valence-corrected chi connectivity index (χ3v) is 4.93. The molecule has 0 unspecified atom stereocenters. The van der Waals surface area contributed by atoms with Gasteiger partial charge in [-0.25, -0.2) is 9.98 Å². The van der Waals surface area contributed by atoms with Gasteiger partial charge in [0.1, 0.15) is 12.3 Å². The lowest BCUT2D eigenvalue weighted by molar-refractivity contribution is 0.234. The molecular formula is C19H34N4O. The van der Waals surface area contributed by atoms with E-state index in [0.29, 0.717) is 17.9 Å². The highest BCUT2D eigenvalue weighted by Gasteiger charge is 2.34. The van der Waals surface area contributed by atoms with Crippen LogP contribution in [-0.2, 0) is 6.54 Å². The molecule has 1 aromatic rings. The number of hydrogen-bond donors (Lipinski definition) is 2. The molecule has 1 aliphatic rings. The summed E-state index contributed by atoms with van der Waals surface area (Å²) in [6.07, 6.45) is 6.66. The second-order valence-corrected chi connectivity index (χ2v) is 7.60. The van der Waals surface area contributed by atoms with Crippen LogP contribution >= 0.6 is 0 Å². The maximum absolute atomic E-state index is 5.62. The number of aromatic nitrogens is 1. The normalized spacial score (nSPS) is 17.5. The third-order valence-electron chi connectivity index (χ3n) is 4.93. The first-order valence-electron chi connectivity index (χ1n) is 9.39. The molecule has 1 heterocycles. The van der Waals surface area contributed by atoms with E-state index in [9.17, 15) is 0 Å². The first-order valence-corrected chi connectivity index (χ1v) is 9.39. The highest BCUT2D eigenvalue weighted by Crippen LogP contribution is 2.42. The van der Waals surface area contributed by atoms with Crippen molar-refractivity contribution in [3.05, 3.63) is 17.3 Å². The van der Waals surface area contributed by atoms with Crippen molar-refractivity contribution in [3.63, 3.8) is 0 Å². The van der Waals surface area contributed by atoms with Crippen LogP contribution in [0, 0.1) is 25.2 Å². The van der Waals surface area contributed by atoms with Crippen LogP contribution in [0.3, 0.4) is 0 Å². The summed E-state index contributed by atoms with van der Waals surface area (Å²) in [5.41, 5.74) is 1.38. The summed E-state index contributed by atoms with van der Waals surface area (Å²) in [6.45, 7) is 13.0. The highest BCUT2D eigenvalue weighted by atomic mass is 16.4. The molecule has 24 heavy (non-hydrogen) atoms. The zero-order valence-electron chi connectivity index (χ0n) is 16.0. The summed E-state index contributed by atoms with van der Waals surface area (Å²) >= 11 is 0. The van der Waals surface area contributed by atoms with E-state index in [1.54, 1.807) is 0 Å². The summed E-state index contributed by atoms with van der Waals surface area (Å²) in [5, 5.41) is 6.91. The van der Waals surface area contributed by atoms with Gasteiger partial charge in [-0.3, -0.25) is 0 Å². The lowest BCUT2D eigenvalue weighted by atomic mass is 9.78. The van der Waals surface area contributed by atoms with Gasteiger partial charge in [-0.1, -0.05) is 26.7 Å². The van der Waals surface area contributed by atoms with Gasteiger partial charge in [0.2, 0.25) is 5.89 Å². The van der Waals surface area contributed by atoms with Gasteiger partial charge >= 0.3 is 0 Å². The van der Waals surface area contributed by atoms with Crippen molar-refractivity contribution in [3.8, 4) is 0 Å². The first kappa shape index (κ1) is 18.8. The minimum Gasteiger partial charge on any atom is -0.444 e. The fourth-order valence-electron chi connectivity index (χ4n) is 3.81. The quantitative estimate of drug-likeness (QED) is 0.585. The average Bonchev–Trinajstić information content (AvgIpc) is 3.09. The first-order chi connectivity index (χ1) is 11.4. The fraction of sp³-hybridized carbons (Fsp3) is 0.789. The number of nitrogens with zero attached hydrogens (tertiary/aromatic N) is 2. The van der Waals surface area contributed by atoms with Crippen LogP contribution in [0.1, 0.15) is 70.2 Å². The van der Waals surface area contributed by atoms with E-state index in [4.69, 9.17) is 4.42 Å². The van der Waals surface area contributed by atoms with Gasteiger partial charge in [0.25, 0.3) is 0 Å². The standard InChI is InChI=1S/C19H34N4O/c1-6-20-18(21-12-17-23-15(4)16(5)24-17)22-13-19(11-14(2)3)9-7-8-10-19/h14H,6-13H2,1-5H3,(H2,20,21,22). The van der Waals surface area contributed by atoms with E-state index in [0.717, 1.165) is 36.4 Å². The topological polar surface area (TPSA) is 62.5 Å². The van der Waals surface area contributed by atoms with Crippen molar-refractivity contribution in [2.24, 2.45) is 16.3 Å². The Balaban J connectivity index is 1.97. The predicted octanol–water partition coefficient (Wildman–Crippen LogP) is 3.95. The van der Waals surface area contributed by atoms with Gasteiger partial charge in [-0.2, -0.15) is 0 Å². The van der Waals surface area contributed by atoms with Crippen LogP contribution in [0.15, 0.2) is 9.41 Å². The monoisotopic (exact) mass is 334 g/mol. The third kappa shape index (κ3) is 5.25. The number of hydrogen-bond acceptors (Lipinski definition) is 3. The van der Waals surface area contributed by atoms with Crippen LogP contribution in [0.4, 0.5) is 0 Å². The molecule has 1 aliphatic carbocycles. The number of nitrogens with one attached hydrogen (secondary N) is 2. The number of aryl methyl sites for hydroxylation is 2. The Morgan fingerprint density at radius 3 is 2.50 bits per heavy atom. The van der Waals surface area contributed by atoms with Gasteiger partial charge in [-0.05, 0) is 51.4 Å². The van der Waals surface area contributed by atoms with Crippen molar-refractivity contribution in [1.29, 1.82) is 0 Å². The van der Waals surface area contributed by atoms with Crippen molar-refractivity contribution in [2.45, 2.75) is 73.3 Å². The molecule has 0 amide bonds. The molecule has 5 heteroatoms. The molecule has 2 N–H and O–H groups in total. The van der Waals surface area contributed by atoms with Crippen LogP contribution in [-0.4, -0.2) is 24.0 Å². The van der Waals surface area contributed by atoms with Crippen LogP contribution < -0.4 is 10.6 Å². The number of oxazole rings is 1. The van der Waals surface area contributed by atoms with Crippen molar-refractivity contribution >= 4 is 5.96 Å². The summed E-state index contributed by atoms with van der Waals surface area (Å²) in [5.74, 6) is 3.16. The van der Waals surface area contributed by atoms with Gasteiger partial charge in [0.05, 0.1) is 5.69 Å². The van der Waals surface area contributed by atoms with E-state index < -0.39 is 0 Å². The van der Waals surface area contributed by atoms with Gasteiger partial charge in [-0.15, -0.1) is 0 Å². The molecule has 0 spiro atoms. The minimum absolute atomic E-state index is 0.431. The molecule has 1 fully saturated rings. The molecule has 0 saturated heterocycles. The van der Waals surface area contributed by atoms with E-state index in [-0.39, 0.29) is 0 Å². The average molecular weight is 335 g/mol. The van der Waals surface area contributed by atoms with Crippen molar-refractivity contribution in [2.75, 3.05) is 13.1 Å². The second kappa shape index (κ2) is 8.54. The molecule has 0 atom stereocenters. The maximum atomic E-state index is 5.62. The van der Waals surface area contributed by atoms with Gasteiger partial charge < -0.3 is 15.1 Å². The van der Waals surface area contributed by atoms with Gasteiger partial charge in [0, 0.05) is 13.1 Å². The molecule has 2 rings (SSSR count). The highest BCUT2D eigenvalue weighted by molar-refractivity contribution is 5.79. The van der Waals surface area contributed by atoms with E-state index in [1.165, 1.54) is 32.1 Å².